The Hall–Kier alpha value is -0.0800. The molecule has 0 aromatic carbocycles. The summed E-state index contributed by atoms with van der Waals surface area (Å²) in [5.74, 6) is 0.857. The summed E-state index contributed by atoms with van der Waals surface area (Å²) in [6, 6.07) is 0.672. The summed E-state index contributed by atoms with van der Waals surface area (Å²) >= 11 is 0. The largest absolute Gasteiger partial charge is 0.377 e. The van der Waals surface area contributed by atoms with Gasteiger partial charge in [0.15, 0.2) is 0 Å². The van der Waals surface area contributed by atoms with Crippen LogP contribution in [-0.2, 0) is 4.74 Å². The van der Waals surface area contributed by atoms with Crippen LogP contribution in [0.25, 0.3) is 0 Å². The molecule has 100 valence electrons. The van der Waals surface area contributed by atoms with Crippen molar-refractivity contribution in [3.8, 4) is 0 Å². The van der Waals surface area contributed by atoms with Crippen LogP contribution in [0.3, 0.4) is 0 Å². The van der Waals surface area contributed by atoms with E-state index in [9.17, 15) is 0 Å². The number of nitrogens with one attached hydrogen (secondary N) is 1. The minimum Gasteiger partial charge on any atom is -0.377 e. The van der Waals surface area contributed by atoms with Crippen molar-refractivity contribution in [2.45, 2.75) is 70.9 Å². The Balaban J connectivity index is 1.84. The lowest BCUT2D eigenvalue weighted by Crippen LogP contribution is -2.62. The molecule has 0 radical (unpaired) electrons. The lowest BCUT2D eigenvalue weighted by atomic mass is 9.58. The molecule has 2 nitrogen and oxygen atoms in total. The molecule has 1 N–H and O–H groups in total. The van der Waals surface area contributed by atoms with Gasteiger partial charge >= 0.3 is 0 Å². The van der Waals surface area contributed by atoms with E-state index in [1.165, 1.54) is 44.9 Å². The molecule has 2 saturated carbocycles. The Kier molecular flexibility index (Phi) is 4.48. The van der Waals surface area contributed by atoms with Gasteiger partial charge in [-0.1, -0.05) is 26.7 Å². The molecular weight excluding hydrogens is 210 g/mol. The first kappa shape index (κ1) is 13.4. The molecule has 2 aliphatic carbocycles. The summed E-state index contributed by atoms with van der Waals surface area (Å²) in [5.41, 5.74) is 0.410. The van der Waals surface area contributed by atoms with Crippen molar-refractivity contribution >= 4 is 0 Å². The highest BCUT2D eigenvalue weighted by atomic mass is 16.5. The maximum atomic E-state index is 6.25. The Morgan fingerprint density at radius 3 is 2.35 bits per heavy atom. The lowest BCUT2D eigenvalue weighted by Gasteiger charge is -2.55. The predicted octanol–water partition coefficient (Wildman–Crippen LogP) is 3.36. The van der Waals surface area contributed by atoms with Crippen molar-refractivity contribution in [3.63, 3.8) is 0 Å². The standard InChI is InChI=1S/C15H29NO/c1-4-15(5-2)13(16-3)10-14(15)17-11-12-8-6-7-9-12/h12-14,16H,4-11H2,1-3H3. The van der Waals surface area contributed by atoms with Crippen molar-refractivity contribution in [2.24, 2.45) is 11.3 Å². The molecule has 0 bridgehead atoms. The van der Waals surface area contributed by atoms with Crippen molar-refractivity contribution in [1.82, 2.24) is 5.32 Å². The number of rotatable bonds is 6. The lowest BCUT2D eigenvalue weighted by molar-refractivity contribution is -0.145. The van der Waals surface area contributed by atoms with Crippen LogP contribution in [0, 0.1) is 11.3 Å². The highest BCUT2D eigenvalue weighted by Gasteiger charge is 2.52. The van der Waals surface area contributed by atoms with E-state index in [1.54, 1.807) is 0 Å². The van der Waals surface area contributed by atoms with Gasteiger partial charge < -0.3 is 10.1 Å². The van der Waals surface area contributed by atoms with Crippen LogP contribution < -0.4 is 5.32 Å². The zero-order valence-corrected chi connectivity index (χ0v) is 11.8. The zero-order valence-electron chi connectivity index (χ0n) is 11.8. The monoisotopic (exact) mass is 239 g/mol. The molecular formula is C15H29NO. The summed E-state index contributed by atoms with van der Waals surface area (Å²) in [5, 5.41) is 3.47. The highest BCUT2D eigenvalue weighted by Crippen LogP contribution is 2.49. The molecule has 2 heteroatoms. The second kappa shape index (κ2) is 5.71. The van der Waals surface area contributed by atoms with E-state index >= 15 is 0 Å². The van der Waals surface area contributed by atoms with Crippen molar-refractivity contribution in [2.75, 3.05) is 13.7 Å². The second-order valence-corrected chi connectivity index (χ2v) is 5.99. The maximum Gasteiger partial charge on any atom is 0.0661 e. The topological polar surface area (TPSA) is 21.3 Å². The fourth-order valence-corrected chi connectivity index (χ4v) is 4.01. The fourth-order valence-electron chi connectivity index (χ4n) is 4.01. The number of hydrogen-bond donors (Lipinski definition) is 1. The first-order valence-electron chi connectivity index (χ1n) is 7.55. The van der Waals surface area contributed by atoms with Crippen molar-refractivity contribution in [3.05, 3.63) is 0 Å². The van der Waals surface area contributed by atoms with Gasteiger partial charge in [0.1, 0.15) is 0 Å². The van der Waals surface area contributed by atoms with E-state index in [2.05, 4.69) is 26.2 Å². The maximum absolute atomic E-state index is 6.25. The molecule has 2 aliphatic rings. The summed E-state index contributed by atoms with van der Waals surface area (Å²) in [7, 11) is 2.10. The van der Waals surface area contributed by atoms with E-state index in [-0.39, 0.29) is 0 Å². The Bertz CT molecular complexity index is 231. The Labute approximate surface area is 107 Å². The van der Waals surface area contributed by atoms with E-state index < -0.39 is 0 Å². The third-order valence-corrected chi connectivity index (χ3v) is 5.46. The van der Waals surface area contributed by atoms with Gasteiger partial charge in [-0.15, -0.1) is 0 Å². The first-order chi connectivity index (χ1) is 8.26. The molecule has 0 heterocycles. The molecule has 2 atom stereocenters. The first-order valence-corrected chi connectivity index (χ1v) is 7.55. The molecule has 0 amide bonds. The van der Waals surface area contributed by atoms with Crippen LogP contribution in [0.5, 0.6) is 0 Å². The van der Waals surface area contributed by atoms with Crippen LogP contribution in [0.2, 0.25) is 0 Å². The summed E-state index contributed by atoms with van der Waals surface area (Å²) < 4.78 is 6.25. The summed E-state index contributed by atoms with van der Waals surface area (Å²) in [6.45, 7) is 5.65. The van der Waals surface area contributed by atoms with Gasteiger partial charge in [-0.25, -0.2) is 0 Å². The zero-order chi connectivity index (χ0) is 12.3. The minimum absolute atomic E-state index is 0.410. The third-order valence-electron chi connectivity index (χ3n) is 5.46. The van der Waals surface area contributed by atoms with Gasteiger partial charge in [-0.2, -0.15) is 0 Å². The average molecular weight is 239 g/mol. The van der Waals surface area contributed by atoms with E-state index in [1.807, 2.05) is 0 Å². The summed E-state index contributed by atoms with van der Waals surface area (Å²) in [6.07, 6.45) is 9.84. The Morgan fingerprint density at radius 2 is 1.82 bits per heavy atom. The quantitative estimate of drug-likeness (QED) is 0.767. The van der Waals surface area contributed by atoms with Gasteiger partial charge in [0.2, 0.25) is 0 Å². The molecule has 0 aromatic heterocycles. The van der Waals surface area contributed by atoms with Gasteiger partial charge in [-0.3, -0.25) is 0 Å². The van der Waals surface area contributed by atoms with E-state index in [0.29, 0.717) is 17.6 Å². The smallest absolute Gasteiger partial charge is 0.0661 e. The van der Waals surface area contributed by atoms with Gasteiger partial charge in [0.25, 0.3) is 0 Å². The second-order valence-electron chi connectivity index (χ2n) is 5.99. The SMILES string of the molecule is CCC1(CC)C(NC)CC1OCC1CCCC1. The molecule has 2 rings (SSSR count). The molecule has 17 heavy (non-hydrogen) atoms. The van der Waals surface area contributed by atoms with Crippen LogP contribution in [0.15, 0.2) is 0 Å². The van der Waals surface area contributed by atoms with Gasteiger partial charge in [0.05, 0.1) is 6.10 Å². The summed E-state index contributed by atoms with van der Waals surface area (Å²) in [4.78, 5) is 0. The molecule has 2 fully saturated rings. The molecule has 0 aliphatic heterocycles. The van der Waals surface area contributed by atoms with Gasteiger partial charge in [0, 0.05) is 18.1 Å². The normalized spacial score (nSPS) is 32.6. The van der Waals surface area contributed by atoms with Crippen LogP contribution in [0.4, 0.5) is 0 Å². The number of hydrogen-bond acceptors (Lipinski definition) is 2. The van der Waals surface area contributed by atoms with E-state index in [0.717, 1.165) is 12.5 Å². The van der Waals surface area contributed by atoms with Crippen LogP contribution >= 0.6 is 0 Å². The van der Waals surface area contributed by atoms with Crippen LogP contribution in [0.1, 0.15) is 58.8 Å². The van der Waals surface area contributed by atoms with E-state index in [4.69, 9.17) is 4.74 Å². The molecule has 0 aromatic rings. The molecule has 2 unspecified atom stereocenters. The van der Waals surface area contributed by atoms with Crippen molar-refractivity contribution in [1.29, 1.82) is 0 Å². The fraction of sp³-hybridized carbons (Fsp3) is 1.00. The Morgan fingerprint density at radius 1 is 1.18 bits per heavy atom. The van der Waals surface area contributed by atoms with Gasteiger partial charge in [-0.05, 0) is 45.1 Å². The number of ether oxygens (including phenoxy) is 1. The molecule has 0 spiro atoms. The average Bonchev–Trinajstić information content (AvgIpc) is 2.83. The van der Waals surface area contributed by atoms with Crippen molar-refractivity contribution < 1.29 is 4.74 Å². The minimum atomic E-state index is 0.410. The predicted molar refractivity (Wildman–Crippen MR) is 72.2 cm³/mol. The van der Waals surface area contributed by atoms with Crippen LogP contribution in [-0.4, -0.2) is 25.8 Å². The molecule has 0 saturated heterocycles. The highest BCUT2D eigenvalue weighted by molar-refractivity contribution is 5.06. The third kappa shape index (κ3) is 2.39.